The van der Waals surface area contributed by atoms with Gasteiger partial charge < -0.3 is 14.5 Å². The number of aliphatic hydroxyl groups excluding tert-OH is 1. The zero-order valence-electron chi connectivity index (χ0n) is 12.3. The first-order valence-electron chi connectivity index (χ1n) is 7.42. The first-order chi connectivity index (χ1) is 9.49. The van der Waals surface area contributed by atoms with Gasteiger partial charge in [0.2, 0.25) is 0 Å². The van der Waals surface area contributed by atoms with Crippen LogP contribution in [0.25, 0.3) is 0 Å². The average Bonchev–Trinajstić information content (AvgIpc) is 3.05. The number of aryl methyl sites for hydroxylation is 1. The summed E-state index contributed by atoms with van der Waals surface area (Å²) in [6, 6.07) is 0. The maximum Gasteiger partial charge on any atom is 0.259 e. The highest BCUT2D eigenvalue weighted by molar-refractivity contribution is 5.96. The van der Waals surface area contributed by atoms with Crippen LogP contribution in [0, 0.1) is 18.8 Å². The number of nitrogens with zero attached hydrogens (tertiary/aromatic N) is 2. The Morgan fingerprint density at radius 2 is 2.15 bits per heavy atom. The van der Waals surface area contributed by atoms with Crippen molar-refractivity contribution >= 4 is 5.91 Å². The smallest absolute Gasteiger partial charge is 0.259 e. The highest BCUT2D eigenvalue weighted by Gasteiger charge is 2.44. The van der Waals surface area contributed by atoms with Gasteiger partial charge in [0.1, 0.15) is 5.56 Å². The molecule has 0 bridgehead atoms. The standard InChI is InChI=1S/C15H22N2O3/c1-8(2)14-13(9(3)16-20-14)15(19)17-6-10-4-5-12(18)11(10)7-17/h8,10-12,18H,4-7H2,1-3H3. The molecule has 5 nitrogen and oxygen atoms in total. The van der Waals surface area contributed by atoms with Crippen molar-refractivity contribution in [3.8, 4) is 0 Å². The molecule has 5 heteroatoms. The fraction of sp³-hybridized carbons (Fsp3) is 0.733. The highest BCUT2D eigenvalue weighted by atomic mass is 16.5. The lowest BCUT2D eigenvalue weighted by Crippen LogP contribution is -2.32. The molecule has 1 aromatic heterocycles. The second kappa shape index (κ2) is 4.88. The molecule has 0 spiro atoms. The molecule has 3 atom stereocenters. The van der Waals surface area contributed by atoms with Gasteiger partial charge in [-0.15, -0.1) is 0 Å². The number of amides is 1. The largest absolute Gasteiger partial charge is 0.393 e. The second-order valence-corrected chi connectivity index (χ2v) is 6.44. The van der Waals surface area contributed by atoms with E-state index >= 15 is 0 Å². The number of fused-ring (bicyclic) bond motifs is 1. The summed E-state index contributed by atoms with van der Waals surface area (Å²) in [4.78, 5) is 14.6. The second-order valence-electron chi connectivity index (χ2n) is 6.44. The summed E-state index contributed by atoms with van der Waals surface area (Å²) in [5, 5.41) is 13.9. The number of aliphatic hydroxyl groups is 1. The Balaban J connectivity index is 1.82. The van der Waals surface area contributed by atoms with Crippen LogP contribution in [-0.4, -0.2) is 40.3 Å². The molecule has 1 N–H and O–H groups in total. The van der Waals surface area contributed by atoms with Crippen molar-refractivity contribution in [2.24, 2.45) is 11.8 Å². The van der Waals surface area contributed by atoms with Gasteiger partial charge in [0.05, 0.1) is 11.8 Å². The Kier molecular flexibility index (Phi) is 3.32. The van der Waals surface area contributed by atoms with Gasteiger partial charge in [-0.2, -0.15) is 0 Å². The van der Waals surface area contributed by atoms with Crippen molar-refractivity contribution in [1.29, 1.82) is 0 Å². The van der Waals surface area contributed by atoms with Crippen LogP contribution >= 0.6 is 0 Å². The van der Waals surface area contributed by atoms with Crippen LogP contribution in [0.1, 0.15) is 54.4 Å². The summed E-state index contributed by atoms with van der Waals surface area (Å²) in [6.45, 7) is 7.22. The van der Waals surface area contributed by atoms with Gasteiger partial charge in [0.15, 0.2) is 5.76 Å². The summed E-state index contributed by atoms with van der Waals surface area (Å²) >= 11 is 0. The molecular weight excluding hydrogens is 256 g/mol. The van der Waals surface area contributed by atoms with E-state index in [1.807, 2.05) is 25.7 Å². The van der Waals surface area contributed by atoms with Crippen LogP contribution in [0.15, 0.2) is 4.52 Å². The number of hydrogen-bond donors (Lipinski definition) is 1. The van der Waals surface area contributed by atoms with Crippen molar-refractivity contribution in [1.82, 2.24) is 10.1 Å². The molecule has 3 unspecified atom stereocenters. The van der Waals surface area contributed by atoms with E-state index in [9.17, 15) is 9.90 Å². The van der Waals surface area contributed by atoms with Gasteiger partial charge in [-0.05, 0) is 25.7 Å². The van der Waals surface area contributed by atoms with Crippen molar-refractivity contribution in [3.63, 3.8) is 0 Å². The first-order valence-corrected chi connectivity index (χ1v) is 7.42. The van der Waals surface area contributed by atoms with E-state index in [1.54, 1.807) is 0 Å². The Hall–Kier alpha value is -1.36. The van der Waals surface area contributed by atoms with Crippen LogP contribution < -0.4 is 0 Å². The van der Waals surface area contributed by atoms with Crippen LogP contribution in [0.4, 0.5) is 0 Å². The van der Waals surface area contributed by atoms with Crippen molar-refractivity contribution in [3.05, 3.63) is 17.0 Å². The number of hydrogen-bond acceptors (Lipinski definition) is 4. The monoisotopic (exact) mass is 278 g/mol. The molecule has 1 amide bonds. The number of carbonyl (C=O) groups excluding carboxylic acids is 1. The van der Waals surface area contributed by atoms with E-state index in [-0.39, 0.29) is 23.8 Å². The molecule has 110 valence electrons. The van der Waals surface area contributed by atoms with Crippen LogP contribution in [0.5, 0.6) is 0 Å². The third-order valence-corrected chi connectivity index (χ3v) is 4.73. The van der Waals surface area contributed by atoms with Gasteiger partial charge in [-0.25, -0.2) is 0 Å². The number of likely N-dealkylation sites (tertiary alicyclic amines) is 1. The van der Waals surface area contributed by atoms with Crippen molar-refractivity contribution in [2.45, 2.75) is 45.6 Å². The van der Waals surface area contributed by atoms with E-state index in [0.717, 1.165) is 19.4 Å². The van der Waals surface area contributed by atoms with E-state index in [4.69, 9.17) is 4.52 Å². The summed E-state index contributed by atoms with van der Waals surface area (Å²) < 4.78 is 5.31. The maximum absolute atomic E-state index is 12.7. The molecular formula is C15H22N2O3. The fourth-order valence-corrected chi connectivity index (χ4v) is 3.60. The topological polar surface area (TPSA) is 66.6 Å². The summed E-state index contributed by atoms with van der Waals surface area (Å²) in [7, 11) is 0. The molecule has 0 aromatic carbocycles. The van der Waals surface area contributed by atoms with Crippen LogP contribution in [-0.2, 0) is 0 Å². The van der Waals surface area contributed by atoms with Gasteiger partial charge in [-0.1, -0.05) is 19.0 Å². The van der Waals surface area contributed by atoms with Gasteiger partial charge in [0.25, 0.3) is 5.91 Å². The highest BCUT2D eigenvalue weighted by Crippen LogP contribution is 2.39. The molecule has 20 heavy (non-hydrogen) atoms. The molecule has 3 rings (SSSR count). The quantitative estimate of drug-likeness (QED) is 0.898. The van der Waals surface area contributed by atoms with E-state index in [2.05, 4.69) is 5.16 Å². The zero-order chi connectivity index (χ0) is 14.4. The summed E-state index contributed by atoms with van der Waals surface area (Å²) in [5.74, 6) is 1.53. The van der Waals surface area contributed by atoms with Gasteiger partial charge in [-0.3, -0.25) is 4.79 Å². The lowest BCUT2D eigenvalue weighted by atomic mass is 10.00. The Morgan fingerprint density at radius 1 is 1.40 bits per heavy atom. The average molecular weight is 278 g/mol. The zero-order valence-corrected chi connectivity index (χ0v) is 12.3. The molecule has 0 radical (unpaired) electrons. The van der Waals surface area contributed by atoms with Gasteiger partial charge >= 0.3 is 0 Å². The van der Waals surface area contributed by atoms with Gasteiger partial charge in [0, 0.05) is 24.9 Å². The third kappa shape index (κ3) is 2.04. The van der Waals surface area contributed by atoms with Crippen LogP contribution in [0.3, 0.4) is 0 Å². The Morgan fingerprint density at radius 3 is 2.80 bits per heavy atom. The lowest BCUT2D eigenvalue weighted by molar-refractivity contribution is 0.0749. The summed E-state index contributed by atoms with van der Waals surface area (Å²) in [5.41, 5.74) is 1.28. The minimum absolute atomic E-state index is 0.00838. The number of rotatable bonds is 2. The molecule has 1 aromatic rings. The minimum atomic E-state index is -0.244. The predicted molar refractivity (Wildman–Crippen MR) is 73.5 cm³/mol. The minimum Gasteiger partial charge on any atom is -0.393 e. The van der Waals surface area contributed by atoms with E-state index in [1.165, 1.54) is 0 Å². The maximum atomic E-state index is 12.7. The fourth-order valence-electron chi connectivity index (χ4n) is 3.60. The Bertz CT molecular complexity index is 523. The van der Waals surface area contributed by atoms with Crippen molar-refractivity contribution in [2.75, 3.05) is 13.1 Å². The summed E-state index contributed by atoms with van der Waals surface area (Å²) in [6.07, 6.45) is 1.65. The molecule has 2 aliphatic rings. The molecule has 1 saturated carbocycles. The van der Waals surface area contributed by atoms with E-state index < -0.39 is 0 Å². The van der Waals surface area contributed by atoms with Crippen molar-refractivity contribution < 1.29 is 14.4 Å². The molecule has 1 aliphatic carbocycles. The normalized spacial score (nSPS) is 29.2. The molecule has 2 heterocycles. The molecule has 2 fully saturated rings. The molecule has 1 saturated heterocycles. The van der Waals surface area contributed by atoms with E-state index in [0.29, 0.717) is 29.5 Å². The first kappa shape index (κ1) is 13.6. The number of aromatic nitrogens is 1. The Labute approximate surface area is 118 Å². The lowest BCUT2D eigenvalue weighted by Gasteiger charge is -2.19. The predicted octanol–water partition coefficient (Wildman–Crippen LogP) is 1.95. The van der Waals surface area contributed by atoms with Crippen LogP contribution in [0.2, 0.25) is 0 Å². The number of carbonyl (C=O) groups is 1. The SMILES string of the molecule is Cc1noc(C(C)C)c1C(=O)N1CC2CCC(O)C2C1. The third-order valence-electron chi connectivity index (χ3n) is 4.73. The molecule has 1 aliphatic heterocycles.